The van der Waals surface area contributed by atoms with E-state index in [0.717, 1.165) is 29.8 Å². The molecule has 2 N–H and O–H groups in total. The van der Waals surface area contributed by atoms with Crippen molar-refractivity contribution in [3.63, 3.8) is 0 Å². The van der Waals surface area contributed by atoms with Crippen molar-refractivity contribution in [2.45, 2.75) is 19.8 Å². The van der Waals surface area contributed by atoms with Crippen molar-refractivity contribution in [1.29, 1.82) is 0 Å². The Bertz CT molecular complexity index is 663. The lowest BCUT2D eigenvalue weighted by Crippen LogP contribution is -2.44. The Morgan fingerprint density at radius 3 is 3.00 bits per heavy atom. The van der Waals surface area contributed by atoms with E-state index in [1.807, 2.05) is 6.92 Å². The molecule has 1 aromatic rings. The van der Waals surface area contributed by atoms with Crippen LogP contribution in [0.25, 0.3) is 6.08 Å². The molecule has 1 saturated heterocycles. The topological polar surface area (TPSA) is 44.4 Å². The number of hydrogen-bond acceptors (Lipinski definition) is 4. The van der Waals surface area contributed by atoms with Gasteiger partial charge in [-0.1, -0.05) is 12.2 Å². The van der Waals surface area contributed by atoms with E-state index in [1.165, 1.54) is 10.4 Å². The molecule has 0 unspecified atom stereocenters. The minimum atomic E-state index is -0.139. The number of nitrogens with one attached hydrogen (secondary N) is 2. The highest BCUT2D eigenvalue weighted by Gasteiger charge is 2.24. The predicted octanol–water partition coefficient (Wildman–Crippen LogP) is 2.22. The molecule has 1 aliphatic heterocycles. The van der Waals surface area contributed by atoms with Crippen LogP contribution in [0, 0.1) is 6.92 Å². The Labute approximate surface area is 138 Å². The summed E-state index contributed by atoms with van der Waals surface area (Å²) in [4.78, 5) is 16.2. The number of nitrogens with zero attached hydrogens (tertiary/aromatic N) is 1. The standard InChI is InChI=1S/C14H15N3OS3/c1-8-9-4-2-3-5-10(9)21-11(8)12(18)16-14(20)17-7-6-15-13(17)19/h2,4H,3,5-7H2,1H3,(H,15,19)(H,16,18,20). The quantitative estimate of drug-likeness (QED) is 0.770. The third-order valence-electron chi connectivity index (χ3n) is 3.62. The zero-order valence-corrected chi connectivity index (χ0v) is 14.0. The smallest absolute Gasteiger partial charge is 0.267 e. The van der Waals surface area contributed by atoms with E-state index >= 15 is 0 Å². The zero-order valence-electron chi connectivity index (χ0n) is 11.6. The van der Waals surface area contributed by atoms with Crippen LogP contribution in [0.5, 0.6) is 0 Å². The van der Waals surface area contributed by atoms with Crippen LogP contribution < -0.4 is 10.6 Å². The maximum atomic E-state index is 12.5. The largest absolute Gasteiger partial charge is 0.360 e. The van der Waals surface area contributed by atoms with Gasteiger partial charge in [-0.15, -0.1) is 11.3 Å². The van der Waals surface area contributed by atoms with Gasteiger partial charge in [0.25, 0.3) is 5.91 Å². The second-order valence-corrected chi connectivity index (χ2v) is 6.86. The Morgan fingerprint density at radius 2 is 2.33 bits per heavy atom. The molecular formula is C14H15N3OS3. The fourth-order valence-corrected chi connectivity index (χ4v) is 4.33. The molecule has 0 bridgehead atoms. The van der Waals surface area contributed by atoms with Gasteiger partial charge in [-0.25, -0.2) is 0 Å². The minimum absolute atomic E-state index is 0.139. The van der Waals surface area contributed by atoms with E-state index in [0.29, 0.717) is 16.8 Å². The molecule has 21 heavy (non-hydrogen) atoms. The van der Waals surface area contributed by atoms with E-state index in [1.54, 1.807) is 16.2 Å². The van der Waals surface area contributed by atoms with Crippen molar-refractivity contribution in [3.05, 3.63) is 27.0 Å². The summed E-state index contributed by atoms with van der Waals surface area (Å²) in [5.74, 6) is -0.139. The average Bonchev–Trinajstić information content (AvgIpc) is 3.03. The van der Waals surface area contributed by atoms with Crippen molar-refractivity contribution in [2.75, 3.05) is 13.1 Å². The fourth-order valence-electron chi connectivity index (χ4n) is 2.51. The van der Waals surface area contributed by atoms with Crippen molar-refractivity contribution >= 4 is 58.0 Å². The van der Waals surface area contributed by atoms with Crippen LogP contribution >= 0.6 is 35.8 Å². The van der Waals surface area contributed by atoms with Gasteiger partial charge in [0.05, 0.1) is 4.88 Å². The number of carbonyl (C=O) groups excluding carboxylic acids is 1. The molecule has 3 rings (SSSR count). The molecule has 0 aromatic carbocycles. The number of allylic oxidation sites excluding steroid dienone is 1. The summed E-state index contributed by atoms with van der Waals surface area (Å²) in [5, 5.41) is 6.77. The summed E-state index contributed by atoms with van der Waals surface area (Å²) in [6.45, 7) is 3.44. The molecule has 110 valence electrons. The lowest BCUT2D eigenvalue weighted by Gasteiger charge is -2.17. The normalized spacial score (nSPS) is 16.6. The van der Waals surface area contributed by atoms with Gasteiger partial charge < -0.3 is 5.32 Å². The minimum Gasteiger partial charge on any atom is -0.360 e. The highest BCUT2D eigenvalue weighted by Crippen LogP contribution is 2.32. The molecule has 1 aromatic heterocycles. The van der Waals surface area contributed by atoms with Gasteiger partial charge in [0.1, 0.15) is 0 Å². The first kappa shape index (κ1) is 14.6. The molecule has 7 heteroatoms. The monoisotopic (exact) mass is 337 g/mol. The number of amides is 1. The fraction of sp³-hybridized carbons (Fsp3) is 0.357. The van der Waals surface area contributed by atoms with Crippen LogP contribution in [0.3, 0.4) is 0 Å². The van der Waals surface area contributed by atoms with Crippen molar-refractivity contribution in [2.24, 2.45) is 0 Å². The third-order valence-corrected chi connectivity index (χ3v) is 5.67. The van der Waals surface area contributed by atoms with Crippen LogP contribution in [0.4, 0.5) is 0 Å². The van der Waals surface area contributed by atoms with Crippen molar-refractivity contribution in [3.8, 4) is 0 Å². The van der Waals surface area contributed by atoms with Gasteiger partial charge >= 0.3 is 0 Å². The number of thiocarbonyl (C=S) groups is 2. The molecular weight excluding hydrogens is 322 g/mol. The van der Waals surface area contributed by atoms with E-state index in [-0.39, 0.29) is 5.91 Å². The number of carbonyl (C=O) groups is 1. The predicted molar refractivity (Wildman–Crippen MR) is 93.8 cm³/mol. The molecule has 0 atom stereocenters. The molecule has 4 nitrogen and oxygen atoms in total. The van der Waals surface area contributed by atoms with Gasteiger partial charge in [0, 0.05) is 18.0 Å². The Hall–Kier alpha value is -1.31. The summed E-state index contributed by atoms with van der Waals surface area (Å²) in [6, 6.07) is 0. The second-order valence-electron chi connectivity index (χ2n) is 4.98. The number of hydrogen-bond donors (Lipinski definition) is 2. The second kappa shape index (κ2) is 5.82. The van der Waals surface area contributed by atoms with Crippen LogP contribution in [0.1, 0.15) is 32.1 Å². The molecule has 2 heterocycles. The van der Waals surface area contributed by atoms with Crippen LogP contribution in [0.2, 0.25) is 0 Å². The van der Waals surface area contributed by atoms with Crippen molar-refractivity contribution in [1.82, 2.24) is 15.5 Å². The summed E-state index contributed by atoms with van der Waals surface area (Å²) >= 11 is 12.0. The van der Waals surface area contributed by atoms with Crippen LogP contribution in [0.15, 0.2) is 6.08 Å². The Kier molecular flexibility index (Phi) is 4.05. The maximum Gasteiger partial charge on any atom is 0.267 e. The van der Waals surface area contributed by atoms with Gasteiger partial charge in [-0.05, 0) is 55.3 Å². The average molecular weight is 337 g/mol. The van der Waals surface area contributed by atoms with E-state index in [4.69, 9.17) is 24.4 Å². The lowest BCUT2D eigenvalue weighted by molar-refractivity contribution is 0.0978. The summed E-state index contributed by atoms with van der Waals surface area (Å²) in [5.41, 5.74) is 2.23. The lowest BCUT2D eigenvalue weighted by atomic mass is 10.0. The summed E-state index contributed by atoms with van der Waals surface area (Å²) in [7, 11) is 0. The molecule has 2 aliphatic rings. The van der Waals surface area contributed by atoms with E-state index in [9.17, 15) is 4.79 Å². The first-order valence-electron chi connectivity index (χ1n) is 6.77. The van der Waals surface area contributed by atoms with Gasteiger partial charge in [0.2, 0.25) is 0 Å². The first-order valence-corrected chi connectivity index (χ1v) is 8.40. The number of aryl methyl sites for hydroxylation is 1. The molecule has 1 aliphatic carbocycles. The molecule has 0 radical (unpaired) electrons. The summed E-state index contributed by atoms with van der Waals surface area (Å²) in [6.07, 6.45) is 6.32. The highest BCUT2D eigenvalue weighted by molar-refractivity contribution is 7.81. The van der Waals surface area contributed by atoms with Crippen LogP contribution in [-0.4, -0.2) is 34.1 Å². The van der Waals surface area contributed by atoms with Crippen LogP contribution in [-0.2, 0) is 6.42 Å². The maximum absolute atomic E-state index is 12.5. The van der Waals surface area contributed by atoms with Gasteiger partial charge in [-0.2, -0.15) is 0 Å². The molecule has 0 saturated carbocycles. The summed E-state index contributed by atoms with van der Waals surface area (Å²) < 4.78 is 0. The number of thiophene rings is 1. The third kappa shape index (κ3) is 2.73. The zero-order chi connectivity index (χ0) is 15.0. The SMILES string of the molecule is Cc1c(C(=O)NC(=S)N2CCNC2=S)sc2c1C=CCC2. The first-order chi connectivity index (χ1) is 10.1. The molecule has 0 spiro atoms. The van der Waals surface area contributed by atoms with E-state index < -0.39 is 0 Å². The number of fused-ring (bicyclic) bond motifs is 1. The highest BCUT2D eigenvalue weighted by atomic mass is 32.1. The Morgan fingerprint density at radius 1 is 1.52 bits per heavy atom. The van der Waals surface area contributed by atoms with Gasteiger partial charge in [-0.3, -0.25) is 15.0 Å². The molecule has 1 fully saturated rings. The van der Waals surface area contributed by atoms with E-state index in [2.05, 4.69) is 22.8 Å². The molecule has 1 amide bonds. The van der Waals surface area contributed by atoms with Gasteiger partial charge in [0.15, 0.2) is 10.2 Å². The Balaban J connectivity index is 1.77. The number of rotatable bonds is 1. The van der Waals surface area contributed by atoms with Crippen molar-refractivity contribution < 1.29 is 4.79 Å².